The molecular weight excluding hydrogens is 448 g/mol. The Balaban J connectivity index is 1.42. The van der Waals surface area contributed by atoms with E-state index in [4.69, 9.17) is 20.9 Å². The summed E-state index contributed by atoms with van der Waals surface area (Å²) in [5.41, 5.74) is 1.74. The molecule has 2 aromatic rings. The minimum atomic E-state index is -2.27. The van der Waals surface area contributed by atoms with Gasteiger partial charge in [-0.05, 0) is 60.9 Å². The molecule has 11 heteroatoms. The van der Waals surface area contributed by atoms with Gasteiger partial charge in [-0.2, -0.15) is 0 Å². The summed E-state index contributed by atoms with van der Waals surface area (Å²) in [5.74, 6) is 1.18. The van der Waals surface area contributed by atoms with E-state index in [2.05, 4.69) is 15.3 Å². The number of benzene rings is 1. The first-order valence-corrected chi connectivity index (χ1v) is 12.9. The predicted molar refractivity (Wildman–Crippen MR) is 116 cm³/mol. The summed E-state index contributed by atoms with van der Waals surface area (Å²) in [6, 6.07) is 5.94. The molecule has 0 bridgehead atoms. The van der Waals surface area contributed by atoms with Crippen molar-refractivity contribution in [1.29, 1.82) is 0 Å². The van der Waals surface area contributed by atoms with Gasteiger partial charge in [-0.25, -0.2) is 9.97 Å². The standard InChI is InChI=1S/C19H24ClN3O5P2/c20-19-22-16-7-12(17-4-2-14(28-17)9-27-30(26)10-29-25)1-3-15(16)18(23-19)21-8-11-5-13(24)6-11/h1,3,7,11,13-14,17,24,30H,2,4-6,8-10H2,(H,21,22,23)/t11?,13?,14-,17+/m0/s1. The lowest BCUT2D eigenvalue weighted by atomic mass is 9.82. The highest BCUT2D eigenvalue weighted by molar-refractivity contribution is 7.51. The minimum Gasteiger partial charge on any atom is -0.393 e. The molecule has 1 aromatic carbocycles. The maximum Gasteiger partial charge on any atom is 0.224 e. The maximum absolute atomic E-state index is 11.6. The Hall–Kier alpha value is -1.14. The number of hydrogen-bond acceptors (Lipinski definition) is 8. The van der Waals surface area contributed by atoms with Gasteiger partial charge in [-0.3, -0.25) is 9.13 Å². The Morgan fingerprint density at radius 3 is 2.93 bits per heavy atom. The van der Waals surface area contributed by atoms with Gasteiger partial charge < -0.3 is 19.7 Å². The third-order valence-corrected chi connectivity index (χ3v) is 7.77. The van der Waals surface area contributed by atoms with Crippen LogP contribution in [0.3, 0.4) is 0 Å². The van der Waals surface area contributed by atoms with Gasteiger partial charge in [0.2, 0.25) is 13.3 Å². The fourth-order valence-electron chi connectivity index (χ4n) is 3.92. The number of aliphatic hydroxyl groups is 1. The first kappa shape index (κ1) is 22.1. The molecule has 1 unspecified atom stereocenters. The fraction of sp³-hybridized carbons (Fsp3) is 0.579. The summed E-state index contributed by atoms with van der Waals surface area (Å²) in [5, 5.41) is 13.9. The third kappa shape index (κ3) is 5.37. The lowest BCUT2D eigenvalue weighted by Gasteiger charge is -2.31. The maximum atomic E-state index is 11.6. The van der Waals surface area contributed by atoms with Gasteiger partial charge in [-0.15, -0.1) is 0 Å². The molecule has 2 heterocycles. The molecule has 3 atom stereocenters. The summed E-state index contributed by atoms with van der Waals surface area (Å²) >= 11 is 6.14. The van der Waals surface area contributed by atoms with E-state index >= 15 is 0 Å². The average molecular weight is 472 g/mol. The Morgan fingerprint density at radius 1 is 1.33 bits per heavy atom. The summed E-state index contributed by atoms with van der Waals surface area (Å²) < 4.78 is 33.4. The number of anilines is 1. The van der Waals surface area contributed by atoms with Gasteiger partial charge >= 0.3 is 0 Å². The van der Waals surface area contributed by atoms with Crippen LogP contribution in [0.15, 0.2) is 18.2 Å². The highest BCUT2D eigenvalue weighted by atomic mass is 35.5. The lowest BCUT2D eigenvalue weighted by molar-refractivity contribution is 0.0191. The van der Waals surface area contributed by atoms with Crippen LogP contribution in [0.4, 0.5) is 5.82 Å². The highest BCUT2D eigenvalue weighted by Crippen LogP contribution is 2.37. The number of halogens is 1. The molecule has 1 saturated heterocycles. The van der Waals surface area contributed by atoms with Crippen molar-refractivity contribution >= 4 is 44.8 Å². The molecule has 2 fully saturated rings. The molecule has 1 aromatic heterocycles. The molecule has 0 amide bonds. The van der Waals surface area contributed by atoms with E-state index in [0.29, 0.717) is 11.7 Å². The average Bonchev–Trinajstić information content (AvgIpc) is 3.17. The molecule has 0 radical (unpaired) electrons. The molecule has 2 aliphatic rings. The number of nitrogens with zero attached hydrogens (tertiary/aromatic N) is 2. The van der Waals surface area contributed by atoms with Crippen LogP contribution in [0.2, 0.25) is 5.28 Å². The van der Waals surface area contributed by atoms with Crippen LogP contribution in [0.1, 0.15) is 37.4 Å². The topological polar surface area (TPSA) is 111 Å². The molecule has 0 spiro atoms. The van der Waals surface area contributed by atoms with Crippen molar-refractivity contribution in [3.8, 4) is 0 Å². The lowest BCUT2D eigenvalue weighted by Crippen LogP contribution is -2.33. The number of aliphatic hydroxyl groups excluding tert-OH is 1. The summed E-state index contributed by atoms with van der Waals surface area (Å²) in [6.07, 6.45) is 2.84. The van der Waals surface area contributed by atoms with Crippen molar-refractivity contribution in [2.24, 2.45) is 5.92 Å². The summed E-state index contributed by atoms with van der Waals surface area (Å²) in [4.78, 5) is 8.70. The van der Waals surface area contributed by atoms with Gasteiger partial charge in [0.1, 0.15) is 11.7 Å². The second kappa shape index (κ2) is 9.99. The normalized spacial score (nSPS) is 27.3. The van der Waals surface area contributed by atoms with Gasteiger partial charge in [0.05, 0.1) is 30.4 Å². The third-order valence-electron chi connectivity index (χ3n) is 5.57. The van der Waals surface area contributed by atoms with Crippen molar-refractivity contribution < 1.29 is 23.5 Å². The van der Waals surface area contributed by atoms with Gasteiger partial charge in [0.15, 0.2) is 8.46 Å². The van der Waals surface area contributed by atoms with E-state index in [1.807, 2.05) is 18.2 Å². The van der Waals surface area contributed by atoms with Crippen LogP contribution >= 0.6 is 28.1 Å². The Bertz CT molecular complexity index is 944. The number of ether oxygens (including phenoxy) is 1. The Labute approximate surface area is 181 Å². The van der Waals surface area contributed by atoms with E-state index < -0.39 is 8.03 Å². The van der Waals surface area contributed by atoms with Crippen LogP contribution < -0.4 is 5.32 Å². The van der Waals surface area contributed by atoms with Crippen LogP contribution in [-0.2, 0) is 18.4 Å². The molecular formula is C19H24ClN3O5P2. The van der Waals surface area contributed by atoms with Crippen LogP contribution in [0.5, 0.6) is 0 Å². The molecule has 1 aliphatic heterocycles. The number of fused-ring (bicyclic) bond motifs is 1. The van der Waals surface area contributed by atoms with Gasteiger partial charge in [0, 0.05) is 11.9 Å². The zero-order valence-electron chi connectivity index (χ0n) is 16.3. The number of aromatic nitrogens is 2. The summed E-state index contributed by atoms with van der Waals surface area (Å²) in [6.45, 7) is 0.985. The van der Waals surface area contributed by atoms with Gasteiger partial charge in [0.25, 0.3) is 0 Å². The first-order valence-electron chi connectivity index (χ1n) is 10.0. The van der Waals surface area contributed by atoms with Crippen LogP contribution in [-0.4, -0.2) is 46.3 Å². The fourth-order valence-corrected chi connectivity index (χ4v) is 5.25. The SMILES string of the molecule is O=PC[PH](=O)OC[C@@H]1CC[C@H](c2ccc3c(NCC4CC(O)C4)nc(Cl)nc3c2)O1. The monoisotopic (exact) mass is 471 g/mol. The summed E-state index contributed by atoms with van der Waals surface area (Å²) in [7, 11) is -2.43. The second-order valence-corrected chi connectivity index (χ2v) is 10.7. The number of rotatable bonds is 9. The number of nitrogens with one attached hydrogen (secondary N) is 1. The molecule has 1 aliphatic carbocycles. The molecule has 30 heavy (non-hydrogen) atoms. The molecule has 162 valence electrons. The van der Waals surface area contributed by atoms with E-state index in [0.717, 1.165) is 48.7 Å². The van der Waals surface area contributed by atoms with Crippen molar-refractivity contribution in [3.05, 3.63) is 29.0 Å². The molecule has 2 N–H and O–H groups in total. The van der Waals surface area contributed by atoms with Gasteiger partial charge in [-0.1, -0.05) is 6.07 Å². The highest BCUT2D eigenvalue weighted by Gasteiger charge is 2.28. The zero-order chi connectivity index (χ0) is 21.1. The smallest absolute Gasteiger partial charge is 0.224 e. The van der Waals surface area contributed by atoms with E-state index in [9.17, 15) is 14.2 Å². The van der Waals surface area contributed by atoms with E-state index in [-0.39, 0.29) is 44.6 Å². The first-order chi connectivity index (χ1) is 14.5. The van der Waals surface area contributed by atoms with Crippen molar-refractivity contribution in [2.45, 2.75) is 44.0 Å². The van der Waals surface area contributed by atoms with Crippen molar-refractivity contribution in [3.63, 3.8) is 0 Å². The largest absolute Gasteiger partial charge is 0.393 e. The molecule has 8 nitrogen and oxygen atoms in total. The predicted octanol–water partition coefficient (Wildman–Crippen LogP) is 4.43. The van der Waals surface area contributed by atoms with E-state index in [1.54, 1.807) is 0 Å². The van der Waals surface area contributed by atoms with E-state index in [1.165, 1.54) is 0 Å². The number of hydrogen-bond donors (Lipinski definition) is 2. The van der Waals surface area contributed by atoms with Crippen LogP contribution in [0.25, 0.3) is 10.9 Å². The van der Waals surface area contributed by atoms with Crippen molar-refractivity contribution in [2.75, 3.05) is 24.4 Å². The Morgan fingerprint density at radius 2 is 2.17 bits per heavy atom. The molecule has 4 rings (SSSR count). The Kier molecular flexibility index (Phi) is 7.35. The minimum absolute atomic E-state index is 0.0453. The molecule has 1 saturated carbocycles. The zero-order valence-corrected chi connectivity index (χ0v) is 18.9. The quantitative estimate of drug-likeness (QED) is 0.408. The second-order valence-electron chi connectivity index (χ2n) is 7.78. The van der Waals surface area contributed by atoms with Crippen molar-refractivity contribution in [1.82, 2.24) is 9.97 Å². The van der Waals surface area contributed by atoms with Crippen LogP contribution in [0, 0.1) is 5.92 Å².